The van der Waals surface area contributed by atoms with Crippen molar-refractivity contribution in [3.05, 3.63) is 29.3 Å². The van der Waals surface area contributed by atoms with Crippen LogP contribution in [0.5, 0.6) is 5.75 Å². The summed E-state index contributed by atoms with van der Waals surface area (Å²) in [6.07, 6.45) is 2.01. The Balaban J connectivity index is 1.98. The molecule has 1 aliphatic heterocycles. The number of nitrogens with zero attached hydrogens (tertiary/aromatic N) is 1. The van der Waals surface area contributed by atoms with Crippen LogP contribution in [0.2, 0.25) is 0 Å². The first-order valence-corrected chi connectivity index (χ1v) is 8.64. The molecule has 1 heterocycles. The number of piperidine rings is 1. The fourth-order valence-corrected chi connectivity index (χ4v) is 3.00. The van der Waals surface area contributed by atoms with Crippen LogP contribution in [0.1, 0.15) is 42.6 Å². The van der Waals surface area contributed by atoms with Gasteiger partial charge in [-0.2, -0.15) is 0 Å². The number of methoxy groups -OCH3 is 1. The Kier molecular flexibility index (Phi) is 6.23. The Labute approximate surface area is 144 Å². The number of benzene rings is 1. The van der Waals surface area contributed by atoms with E-state index in [4.69, 9.17) is 4.74 Å². The SMILES string of the molecule is COc1cc(C(=O)N2CCC[C@H](CNC(=O)C(C)C)C2)ccc1C. The van der Waals surface area contributed by atoms with Gasteiger partial charge in [0.1, 0.15) is 5.75 Å². The molecule has 0 bridgehead atoms. The summed E-state index contributed by atoms with van der Waals surface area (Å²) in [5.74, 6) is 1.15. The minimum absolute atomic E-state index is 0.00801. The largest absolute Gasteiger partial charge is 0.496 e. The number of hydrogen-bond donors (Lipinski definition) is 1. The molecule has 24 heavy (non-hydrogen) atoms. The van der Waals surface area contributed by atoms with Crippen molar-refractivity contribution in [3.8, 4) is 5.75 Å². The molecule has 2 rings (SSSR count). The van der Waals surface area contributed by atoms with E-state index in [-0.39, 0.29) is 17.7 Å². The molecule has 1 aliphatic rings. The minimum atomic E-state index is -0.00801. The lowest BCUT2D eigenvalue weighted by Crippen LogP contribution is -2.44. The quantitative estimate of drug-likeness (QED) is 0.902. The molecule has 1 aromatic rings. The average Bonchev–Trinajstić information content (AvgIpc) is 2.59. The van der Waals surface area contributed by atoms with Crippen LogP contribution in [0.15, 0.2) is 18.2 Å². The van der Waals surface area contributed by atoms with Crippen molar-refractivity contribution in [2.45, 2.75) is 33.6 Å². The molecule has 1 atom stereocenters. The first-order chi connectivity index (χ1) is 11.4. The number of aryl methyl sites for hydroxylation is 1. The molecular weight excluding hydrogens is 304 g/mol. The van der Waals surface area contributed by atoms with E-state index in [0.29, 0.717) is 24.6 Å². The number of ether oxygens (including phenoxy) is 1. The van der Waals surface area contributed by atoms with Gasteiger partial charge in [-0.1, -0.05) is 19.9 Å². The fraction of sp³-hybridized carbons (Fsp3) is 0.579. The molecule has 1 saturated heterocycles. The van der Waals surface area contributed by atoms with Crippen LogP contribution >= 0.6 is 0 Å². The van der Waals surface area contributed by atoms with E-state index in [1.165, 1.54) is 0 Å². The summed E-state index contributed by atoms with van der Waals surface area (Å²) in [5, 5.41) is 2.98. The van der Waals surface area contributed by atoms with Gasteiger partial charge in [0.25, 0.3) is 5.91 Å². The van der Waals surface area contributed by atoms with Crippen LogP contribution in [-0.4, -0.2) is 43.5 Å². The van der Waals surface area contributed by atoms with Gasteiger partial charge in [-0.3, -0.25) is 9.59 Å². The Bertz CT molecular complexity index is 598. The standard InChI is InChI=1S/C19H28N2O3/c1-13(2)18(22)20-11-15-6-5-9-21(12-15)19(23)16-8-7-14(3)17(10-16)24-4/h7-8,10,13,15H,5-6,9,11-12H2,1-4H3,(H,20,22)/t15-/m1/s1. The van der Waals surface area contributed by atoms with Crippen LogP contribution in [0.3, 0.4) is 0 Å². The van der Waals surface area contributed by atoms with Gasteiger partial charge in [0.15, 0.2) is 0 Å². The van der Waals surface area contributed by atoms with E-state index in [1.807, 2.05) is 43.9 Å². The Morgan fingerprint density at radius 3 is 2.79 bits per heavy atom. The molecule has 0 radical (unpaired) electrons. The van der Waals surface area contributed by atoms with Gasteiger partial charge in [0, 0.05) is 31.1 Å². The van der Waals surface area contributed by atoms with Crippen molar-refractivity contribution in [1.82, 2.24) is 10.2 Å². The van der Waals surface area contributed by atoms with Gasteiger partial charge in [-0.25, -0.2) is 0 Å². The summed E-state index contributed by atoms with van der Waals surface area (Å²) in [6.45, 7) is 7.82. The summed E-state index contributed by atoms with van der Waals surface area (Å²) in [4.78, 5) is 26.4. The van der Waals surface area contributed by atoms with Gasteiger partial charge in [0.2, 0.25) is 5.91 Å². The third kappa shape index (κ3) is 4.49. The van der Waals surface area contributed by atoms with Crippen molar-refractivity contribution in [3.63, 3.8) is 0 Å². The van der Waals surface area contributed by atoms with E-state index in [1.54, 1.807) is 7.11 Å². The number of nitrogens with one attached hydrogen (secondary N) is 1. The Morgan fingerprint density at radius 1 is 1.38 bits per heavy atom. The van der Waals surface area contributed by atoms with E-state index >= 15 is 0 Å². The third-order valence-corrected chi connectivity index (χ3v) is 4.55. The van der Waals surface area contributed by atoms with Crippen LogP contribution < -0.4 is 10.1 Å². The third-order valence-electron chi connectivity index (χ3n) is 4.55. The number of hydrogen-bond acceptors (Lipinski definition) is 3. The summed E-state index contributed by atoms with van der Waals surface area (Å²) in [7, 11) is 1.62. The zero-order valence-electron chi connectivity index (χ0n) is 15.1. The molecule has 1 aromatic carbocycles. The highest BCUT2D eigenvalue weighted by Crippen LogP contribution is 2.22. The minimum Gasteiger partial charge on any atom is -0.496 e. The second-order valence-corrected chi connectivity index (χ2v) is 6.84. The highest BCUT2D eigenvalue weighted by Gasteiger charge is 2.25. The molecule has 5 nitrogen and oxygen atoms in total. The van der Waals surface area contributed by atoms with Crippen molar-refractivity contribution in [1.29, 1.82) is 0 Å². The van der Waals surface area contributed by atoms with Crippen molar-refractivity contribution in [2.24, 2.45) is 11.8 Å². The topological polar surface area (TPSA) is 58.6 Å². The lowest BCUT2D eigenvalue weighted by molar-refractivity contribution is -0.124. The lowest BCUT2D eigenvalue weighted by Gasteiger charge is -2.33. The second kappa shape index (κ2) is 8.18. The smallest absolute Gasteiger partial charge is 0.253 e. The summed E-state index contributed by atoms with van der Waals surface area (Å²) >= 11 is 0. The molecular formula is C19H28N2O3. The van der Waals surface area contributed by atoms with E-state index < -0.39 is 0 Å². The predicted octanol–water partition coefficient (Wildman–Crippen LogP) is 2.63. The van der Waals surface area contributed by atoms with E-state index in [2.05, 4.69) is 5.32 Å². The highest BCUT2D eigenvalue weighted by molar-refractivity contribution is 5.94. The van der Waals surface area contributed by atoms with E-state index in [9.17, 15) is 9.59 Å². The molecule has 132 valence electrons. The maximum absolute atomic E-state index is 12.8. The number of rotatable bonds is 5. The van der Waals surface area contributed by atoms with Crippen LogP contribution in [0, 0.1) is 18.8 Å². The maximum Gasteiger partial charge on any atom is 0.253 e. The second-order valence-electron chi connectivity index (χ2n) is 6.84. The zero-order chi connectivity index (χ0) is 17.7. The maximum atomic E-state index is 12.8. The van der Waals surface area contributed by atoms with E-state index in [0.717, 1.165) is 30.7 Å². The number of carbonyl (C=O) groups is 2. The van der Waals surface area contributed by atoms with Gasteiger partial charge in [-0.05, 0) is 43.4 Å². The van der Waals surface area contributed by atoms with Crippen molar-refractivity contribution in [2.75, 3.05) is 26.7 Å². The monoisotopic (exact) mass is 332 g/mol. The van der Waals surface area contributed by atoms with Crippen LogP contribution in [-0.2, 0) is 4.79 Å². The molecule has 0 aliphatic carbocycles. The first-order valence-electron chi connectivity index (χ1n) is 8.64. The molecule has 0 spiro atoms. The molecule has 0 unspecified atom stereocenters. The highest BCUT2D eigenvalue weighted by atomic mass is 16.5. The summed E-state index contributed by atoms with van der Waals surface area (Å²) < 4.78 is 5.31. The Morgan fingerprint density at radius 2 is 2.12 bits per heavy atom. The number of likely N-dealkylation sites (tertiary alicyclic amines) is 1. The number of carbonyl (C=O) groups excluding carboxylic acids is 2. The molecule has 0 aromatic heterocycles. The van der Waals surface area contributed by atoms with Gasteiger partial charge >= 0.3 is 0 Å². The average molecular weight is 332 g/mol. The van der Waals surface area contributed by atoms with Crippen molar-refractivity contribution >= 4 is 11.8 Å². The predicted molar refractivity (Wildman–Crippen MR) is 94.2 cm³/mol. The van der Waals surface area contributed by atoms with Crippen molar-refractivity contribution < 1.29 is 14.3 Å². The fourth-order valence-electron chi connectivity index (χ4n) is 3.00. The summed E-state index contributed by atoms with van der Waals surface area (Å²) in [6, 6.07) is 5.57. The molecule has 2 amide bonds. The van der Waals surface area contributed by atoms with Crippen LogP contribution in [0.25, 0.3) is 0 Å². The molecule has 0 saturated carbocycles. The van der Waals surface area contributed by atoms with Gasteiger partial charge in [0.05, 0.1) is 7.11 Å². The molecule has 1 fully saturated rings. The first kappa shape index (κ1) is 18.3. The molecule has 1 N–H and O–H groups in total. The van der Waals surface area contributed by atoms with Gasteiger partial charge in [-0.15, -0.1) is 0 Å². The zero-order valence-corrected chi connectivity index (χ0v) is 15.1. The normalized spacial score (nSPS) is 17.7. The van der Waals surface area contributed by atoms with Gasteiger partial charge < -0.3 is 15.0 Å². The molecule has 5 heteroatoms. The lowest BCUT2D eigenvalue weighted by atomic mass is 9.97. The summed E-state index contributed by atoms with van der Waals surface area (Å²) in [5.41, 5.74) is 1.67. The Hall–Kier alpha value is -2.04. The van der Waals surface area contributed by atoms with Crippen LogP contribution in [0.4, 0.5) is 0 Å². The number of amides is 2.